The summed E-state index contributed by atoms with van der Waals surface area (Å²) < 4.78 is 23.6. The molecule has 0 aromatic heterocycles. The van der Waals surface area contributed by atoms with Crippen molar-refractivity contribution in [2.45, 2.75) is 257 Å². The number of amides is 1. The third-order valence-electron chi connectivity index (χ3n) is 11.7. The number of rotatable bonds is 47. The number of likely N-dealkylation sites (N-methyl/N-ethyl adjacent to an activating group) is 1. The van der Waals surface area contributed by atoms with Crippen LogP contribution < -0.4 is 5.32 Å². The van der Waals surface area contributed by atoms with Crippen LogP contribution in [0.3, 0.4) is 0 Å². The zero-order valence-electron chi connectivity index (χ0n) is 40.5. The normalized spacial score (nSPS) is 14.3. The van der Waals surface area contributed by atoms with Gasteiger partial charge >= 0.3 is 7.82 Å². The first-order valence-electron chi connectivity index (χ1n) is 25.7. The van der Waals surface area contributed by atoms with E-state index in [1.54, 1.807) is 6.08 Å². The Bertz CT molecular complexity index is 1030. The number of quaternary nitrogens is 1. The second-order valence-corrected chi connectivity index (χ2v) is 20.4. The Morgan fingerprint density at radius 2 is 0.900 bits per heavy atom. The van der Waals surface area contributed by atoms with Crippen molar-refractivity contribution in [3.05, 3.63) is 24.3 Å². The molecule has 0 spiro atoms. The van der Waals surface area contributed by atoms with Gasteiger partial charge in [0.2, 0.25) is 5.91 Å². The topological polar surface area (TPSA) is 105 Å². The van der Waals surface area contributed by atoms with E-state index in [4.69, 9.17) is 9.05 Å². The van der Waals surface area contributed by atoms with Crippen LogP contribution in [0.5, 0.6) is 0 Å². The molecule has 0 saturated heterocycles. The number of nitrogens with zero attached hydrogens (tertiary/aromatic N) is 1. The third-order valence-corrected chi connectivity index (χ3v) is 12.6. The largest absolute Gasteiger partial charge is 0.472 e. The minimum absolute atomic E-state index is 0.0601. The highest BCUT2D eigenvalue weighted by Gasteiger charge is 2.27. The molecule has 0 heterocycles. The first-order valence-corrected chi connectivity index (χ1v) is 27.2. The van der Waals surface area contributed by atoms with Gasteiger partial charge < -0.3 is 19.8 Å². The van der Waals surface area contributed by atoms with Gasteiger partial charge in [0.25, 0.3) is 0 Å². The van der Waals surface area contributed by atoms with Gasteiger partial charge in [-0.1, -0.05) is 218 Å². The summed E-state index contributed by atoms with van der Waals surface area (Å²) in [4.78, 5) is 23.1. The zero-order chi connectivity index (χ0) is 44.3. The lowest BCUT2D eigenvalue weighted by Gasteiger charge is -2.25. The Morgan fingerprint density at radius 1 is 0.550 bits per heavy atom. The summed E-state index contributed by atoms with van der Waals surface area (Å²) in [5.74, 6) is -0.191. The summed E-state index contributed by atoms with van der Waals surface area (Å²) in [6.45, 7) is 4.81. The average molecular weight is 870 g/mol. The number of carbonyl (C=O) groups is 1. The highest BCUT2D eigenvalue weighted by Crippen LogP contribution is 2.43. The van der Waals surface area contributed by atoms with E-state index < -0.39 is 20.0 Å². The number of phosphoric acid groups is 1. The molecule has 0 aliphatic carbocycles. The molecule has 0 bridgehead atoms. The van der Waals surface area contributed by atoms with Gasteiger partial charge in [-0.15, -0.1) is 0 Å². The molecule has 0 radical (unpaired) electrons. The van der Waals surface area contributed by atoms with Crippen LogP contribution in [0.1, 0.15) is 245 Å². The minimum Gasteiger partial charge on any atom is -0.387 e. The molecule has 0 rings (SSSR count). The van der Waals surface area contributed by atoms with Crippen LogP contribution in [-0.2, 0) is 18.4 Å². The standard InChI is InChI=1S/C51H101N2O6P/c1-6-8-10-12-14-16-18-20-21-22-23-24-25-26-27-28-29-30-31-33-34-36-38-40-42-44-50(54)49(48-59-60(56,57)58-47-46-53(3,4)5)52-51(55)45-43-41-39-37-35-32-19-17-15-13-11-9-7-2/h32,35,42,44,49-50,54H,6-31,33-34,36-41,43,45-48H2,1-5H3,(H-,52,55,56,57)/p+1/b35-32-,44-42+. The van der Waals surface area contributed by atoms with Gasteiger partial charge in [0.15, 0.2) is 0 Å². The molecule has 9 heteroatoms. The van der Waals surface area contributed by atoms with E-state index in [1.807, 2.05) is 27.2 Å². The van der Waals surface area contributed by atoms with Crippen molar-refractivity contribution in [3.8, 4) is 0 Å². The monoisotopic (exact) mass is 870 g/mol. The Balaban J connectivity index is 4.23. The lowest BCUT2D eigenvalue weighted by atomic mass is 10.0. The number of hydrogen-bond acceptors (Lipinski definition) is 5. The van der Waals surface area contributed by atoms with Crippen molar-refractivity contribution < 1.29 is 32.9 Å². The fourth-order valence-corrected chi connectivity index (χ4v) is 8.30. The van der Waals surface area contributed by atoms with Crippen LogP contribution in [0.15, 0.2) is 24.3 Å². The summed E-state index contributed by atoms with van der Waals surface area (Å²) >= 11 is 0. The summed E-state index contributed by atoms with van der Waals surface area (Å²) in [6, 6.07) is -0.851. The number of nitrogens with one attached hydrogen (secondary N) is 1. The van der Waals surface area contributed by atoms with Crippen LogP contribution in [0.25, 0.3) is 0 Å². The molecule has 0 aromatic rings. The second kappa shape index (κ2) is 43.2. The van der Waals surface area contributed by atoms with Crippen LogP contribution in [0, 0.1) is 0 Å². The Hall–Kier alpha value is -1.02. The Morgan fingerprint density at radius 3 is 1.28 bits per heavy atom. The van der Waals surface area contributed by atoms with E-state index >= 15 is 0 Å². The van der Waals surface area contributed by atoms with Crippen molar-refractivity contribution in [2.75, 3.05) is 40.9 Å². The number of allylic oxidation sites excluding steroid dienone is 3. The predicted octanol–water partition coefficient (Wildman–Crippen LogP) is 14.9. The summed E-state index contributed by atoms with van der Waals surface area (Å²) in [7, 11) is 1.57. The van der Waals surface area contributed by atoms with Crippen LogP contribution >= 0.6 is 7.82 Å². The van der Waals surface area contributed by atoms with E-state index in [0.717, 1.165) is 51.4 Å². The van der Waals surface area contributed by atoms with Crippen LogP contribution in [0.2, 0.25) is 0 Å². The smallest absolute Gasteiger partial charge is 0.387 e. The average Bonchev–Trinajstić information content (AvgIpc) is 3.20. The quantitative estimate of drug-likeness (QED) is 0.0243. The fourth-order valence-electron chi connectivity index (χ4n) is 7.57. The van der Waals surface area contributed by atoms with Gasteiger partial charge in [0.1, 0.15) is 13.2 Å². The highest BCUT2D eigenvalue weighted by molar-refractivity contribution is 7.47. The molecular weight excluding hydrogens is 768 g/mol. The van der Waals surface area contributed by atoms with Crippen molar-refractivity contribution in [3.63, 3.8) is 0 Å². The SMILES string of the molecule is CCCCCCCC/C=C\CCCCCC(=O)NC(COP(=O)(O)OCC[N+](C)(C)C)C(O)/C=C/CCCCCCCCCCCCCCCCCCCCCCCCC. The van der Waals surface area contributed by atoms with Crippen molar-refractivity contribution in [1.82, 2.24) is 5.32 Å². The zero-order valence-corrected chi connectivity index (χ0v) is 41.4. The summed E-state index contributed by atoms with van der Waals surface area (Å²) in [6.07, 6.45) is 52.7. The van der Waals surface area contributed by atoms with Crippen molar-refractivity contribution >= 4 is 13.7 Å². The number of hydrogen-bond donors (Lipinski definition) is 3. The predicted molar refractivity (Wildman–Crippen MR) is 258 cm³/mol. The van der Waals surface area contributed by atoms with Crippen LogP contribution in [0.4, 0.5) is 0 Å². The van der Waals surface area contributed by atoms with E-state index in [0.29, 0.717) is 17.4 Å². The number of carbonyl (C=O) groups excluding carboxylic acids is 1. The first-order chi connectivity index (χ1) is 29.0. The molecule has 3 unspecified atom stereocenters. The molecule has 60 heavy (non-hydrogen) atoms. The molecule has 0 aliphatic rings. The Kier molecular flexibility index (Phi) is 42.5. The summed E-state index contributed by atoms with van der Waals surface area (Å²) in [5.41, 5.74) is 0. The maximum absolute atomic E-state index is 12.9. The molecule has 0 aromatic carbocycles. The van der Waals surface area contributed by atoms with Gasteiger partial charge in [0, 0.05) is 6.42 Å². The van der Waals surface area contributed by atoms with E-state index in [1.165, 1.54) is 173 Å². The summed E-state index contributed by atoms with van der Waals surface area (Å²) in [5, 5.41) is 13.9. The lowest BCUT2D eigenvalue weighted by Crippen LogP contribution is -2.45. The van der Waals surface area contributed by atoms with Crippen molar-refractivity contribution in [2.24, 2.45) is 0 Å². The fraction of sp³-hybridized carbons (Fsp3) is 0.902. The number of aliphatic hydroxyl groups excluding tert-OH is 1. The molecule has 0 fully saturated rings. The van der Waals surface area contributed by atoms with Gasteiger partial charge in [0.05, 0.1) is 39.9 Å². The molecule has 3 N–H and O–H groups in total. The maximum Gasteiger partial charge on any atom is 0.472 e. The van der Waals surface area contributed by atoms with E-state index in [9.17, 15) is 19.4 Å². The molecule has 0 saturated carbocycles. The number of aliphatic hydroxyl groups is 1. The molecule has 356 valence electrons. The van der Waals surface area contributed by atoms with Gasteiger partial charge in [-0.2, -0.15) is 0 Å². The molecule has 8 nitrogen and oxygen atoms in total. The molecular formula is C51H102N2O6P+. The maximum atomic E-state index is 12.9. The first kappa shape index (κ1) is 59.0. The lowest BCUT2D eigenvalue weighted by molar-refractivity contribution is -0.870. The third kappa shape index (κ3) is 45.0. The number of unbranched alkanes of at least 4 members (excludes halogenated alkanes) is 32. The molecule has 3 atom stereocenters. The van der Waals surface area contributed by atoms with Gasteiger partial charge in [-0.3, -0.25) is 13.8 Å². The highest BCUT2D eigenvalue weighted by atomic mass is 31.2. The van der Waals surface area contributed by atoms with Crippen LogP contribution in [-0.4, -0.2) is 73.4 Å². The van der Waals surface area contributed by atoms with E-state index in [-0.39, 0.29) is 19.1 Å². The van der Waals surface area contributed by atoms with Crippen molar-refractivity contribution in [1.29, 1.82) is 0 Å². The van der Waals surface area contributed by atoms with E-state index in [2.05, 4.69) is 31.3 Å². The second-order valence-electron chi connectivity index (χ2n) is 18.9. The molecule has 0 aliphatic heterocycles. The molecule has 1 amide bonds. The Labute approximate surface area is 373 Å². The minimum atomic E-state index is -4.34. The van der Waals surface area contributed by atoms with Gasteiger partial charge in [-0.05, 0) is 44.9 Å². The van der Waals surface area contributed by atoms with Gasteiger partial charge in [-0.25, -0.2) is 4.57 Å². The number of phosphoric ester groups is 1.